The number of carbonyl (C=O) groups is 2. The SMILES string of the molecule is Cc1noc(C)c1CN1CCO[C@H]2CN(C(=O)c3cnccn3)C[C@H]21.O=C(O)C(F)(F)F. The minimum Gasteiger partial charge on any atom is -0.475 e. The van der Waals surface area contributed by atoms with Crippen LogP contribution < -0.4 is 0 Å². The molecule has 2 fully saturated rings. The third-order valence-electron chi connectivity index (χ3n) is 5.27. The predicted octanol–water partition coefficient (Wildman–Crippen LogP) is 1.44. The number of aliphatic carboxylic acids is 1. The van der Waals surface area contributed by atoms with Crippen LogP contribution in [0.4, 0.5) is 13.2 Å². The highest BCUT2D eigenvalue weighted by Gasteiger charge is 2.42. The third-order valence-corrected chi connectivity index (χ3v) is 5.27. The van der Waals surface area contributed by atoms with Crippen molar-refractivity contribution in [2.24, 2.45) is 0 Å². The summed E-state index contributed by atoms with van der Waals surface area (Å²) in [7, 11) is 0. The first-order chi connectivity index (χ1) is 15.1. The van der Waals surface area contributed by atoms with Crippen LogP contribution in [-0.4, -0.2) is 86.5 Å². The predicted molar refractivity (Wildman–Crippen MR) is 102 cm³/mol. The molecule has 0 saturated carbocycles. The van der Waals surface area contributed by atoms with Crippen molar-refractivity contribution in [1.82, 2.24) is 24.9 Å². The molecule has 32 heavy (non-hydrogen) atoms. The summed E-state index contributed by atoms with van der Waals surface area (Å²) in [6.07, 6.45) is -0.451. The molecule has 1 N–H and O–H groups in total. The highest BCUT2D eigenvalue weighted by Crippen LogP contribution is 2.27. The van der Waals surface area contributed by atoms with E-state index < -0.39 is 12.1 Å². The van der Waals surface area contributed by atoms with Gasteiger partial charge in [0.05, 0.1) is 30.6 Å². The van der Waals surface area contributed by atoms with E-state index in [9.17, 15) is 18.0 Å². The number of hydrogen-bond acceptors (Lipinski definition) is 8. The third kappa shape index (κ3) is 5.40. The summed E-state index contributed by atoms with van der Waals surface area (Å²) in [4.78, 5) is 33.8. The number of carboxylic acids is 1. The summed E-state index contributed by atoms with van der Waals surface area (Å²) in [6, 6.07) is 0.170. The fourth-order valence-electron chi connectivity index (χ4n) is 3.62. The zero-order valence-electron chi connectivity index (χ0n) is 17.4. The van der Waals surface area contributed by atoms with Gasteiger partial charge in [0.1, 0.15) is 11.5 Å². The van der Waals surface area contributed by atoms with Crippen LogP contribution in [0.5, 0.6) is 0 Å². The highest BCUT2D eigenvalue weighted by atomic mass is 19.4. The lowest BCUT2D eigenvalue weighted by Crippen LogP contribution is -2.50. The van der Waals surface area contributed by atoms with Crippen molar-refractivity contribution in [3.8, 4) is 0 Å². The second-order valence-electron chi connectivity index (χ2n) is 7.35. The second kappa shape index (κ2) is 9.61. The van der Waals surface area contributed by atoms with E-state index in [4.69, 9.17) is 19.2 Å². The van der Waals surface area contributed by atoms with Gasteiger partial charge in [0.15, 0.2) is 0 Å². The summed E-state index contributed by atoms with van der Waals surface area (Å²) in [5, 5.41) is 11.2. The summed E-state index contributed by atoms with van der Waals surface area (Å²) in [5.41, 5.74) is 2.42. The van der Waals surface area contributed by atoms with Gasteiger partial charge in [-0.15, -0.1) is 0 Å². The molecular weight excluding hydrogens is 435 g/mol. The second-order valence-corrected chi connectivity index (χ2v) is 7.35. The van der Waals surface area contributed by atoms with E-state index in [2.05, 4.69) is 20.0 Å². The van der Waals surface area contributed by atoms with Crippen LogP contribution in [0.2, 0.25) is 0 Å². The molecule has 2 aliphatic rings. The minimum absolute atomic E-state index is 0.0230. The number of ether oxygens (including phenoxy) is 1. The van der Waals surface area contributed by atoms with Gasteiger partial charge in [-0.1, -0.05) is 5.16 Å². The summed E-state index contributed by atoms with van der Waals surface area (Å²) in [5.74, 6) is -2.00. The Morgan fingerprint density at radius 3 is 2.53 bits per heavy atom. The molecule has 1 amide bonds. The molecule has 10 nitrogen and oxygen atoms in total. The van der Waals surface area contributed by atoms with E-state index in [0.717, 1.165) is 30.1 Å². The molecule has 2 aliphatic heterocycles. The van der Waals surface area contributed by atoms with Gasteiger partial charge in [-0.2, -0.15) is 13.2 Å². The number of aryl methyl sites for hydroxylation is 2. The molecule has 2 atom stereocenters. The molecule has 13 heteroatoms. The fraction of sp³-hybridized carbons (Fsp3) is 0.526. The topological polar surface area (TPSA) is 122 Å². The van der Waals surface area contributed by atoms with Crippen LogP contribution in [0.3, 0.4) is 0 Å². The van der Waals surface area contributed by atoms with E-state index in [1.165, 1.54) is 12.4 Å². The lowest BCUT2D eigenvalue weighted by atomic mass is 10.1. The van der Waals surface area contributed by atoms with Crippen LogP contribution >= 0.6 is 0 Å². The summed E-state index contributed by atoms with van der Waals surface area (Å²) < 4.78 is 42.9. The Bertz CT molecular complexity index is 933. The fourth-order valence-corrected chi connectivity index (χ4v) is 3.62. The van der Waals surface area contributed by atoms with E-state index in [0.29, 0.717) is 25.4 Å². The Morgan fingerprint density at radius 1 is 1.25 bits per heavy atom. The summed E-state index contributed by atoms with van der Waals surface area (Å²) in [6.45, 7) is 7.37. The number of nitrogens with zero attached hydrogens (tertiary/aromatic N) is 5. The van der Waals surface area contributed by atoms with Gasteiger partial charge >= 0.3 is 12.1 Å². The number of aromatic nitrogens is 3. The van der Waals surface area contributed by atoms with Crippen molar-refractivity contribution in [2.75, 3.05) is 26.2 Å². The Balaban J connectivity index is 0.000000360. The Kier molecular flexibility index (Phi) is 7.09. The van der Waals surface area contributed by atoms with Crippen molar-refractivity contribution >= 4 is 11.9 Å². The van der Waals surface area contributed by atoms with Gasteiger partial charge in [0.2, 0.25) is 0 Å². The summed E-state index contributed by atoms with van der Waals surface area (Å²) >= 11 is 0. The quantitative estimate of drug-likeness (QED) is 0.730. The lowest BCUT2D eigenvalue weighted by molar-refractivity contribution is -0.192. The first-order valence-corrected chi connectivity index (χ1v) is 9.70. The number of carboxylic acid groups (broad SMARTS) is 1. The maximum atomic E-state index is 12.6. The van der Waals surface area contributed by atoms with Gasteiger partial charge in [0.25, 0.3) is 5.91 Å². The van der Waals surface area contributed by atoms with Crippen molar-refractivity contribution in [2.45, 2.75) is 38.7 Å². The molecule has 0 bridgehead atoms. The maximum Gasteiger partial charge on any atom is 0.490 e. The average molecular weight is 457 g/mol. The van der Waals surface area contributed by atoms with E-state index in [-0.39, 0.29) is 18.1 Å². The van der Waals surface area contributed by atoms with Crippen LogP contribution in [-0.2, 0) is 16.1 Å². The zero-order valence-corrected chi connectivity index (χ0v) is 17.4. The normalized spacial score (nSPS) is 21.0. The van der Waals surface area contributed by atoms with E-state index >= 15 is 0 Å². The molecule has 0 aliphatic carbocycles. The molecule has 174 valence electrons. The van der Waals surface area contributed by atoms with Crippen LogP contribution in [0.25, 0.3) is 0 Å². The first-order valence-electron chi connectivity index (χ1n) is 9.70. The van der Waals surface area contributed by atoms with Gasteiger partial charge in [-0.05, 0) is 13.8 Å². The monoisotopic (exact) mass is 457 g/mol. The number of carbonyl (C=O) groups excluding carboxylic acids is 1. The Hall–Kier alpha value is -3.06. The number of rotatable bonds is 3. The highest BCUT2D eigenvalue weighted by molar-refractivity contribution is 5.92. The maximum absolute atomic E-state index is 12.6. The van der Waals surface area contributed by atoms with Gasteiger partial charge < -0.3 is 19.3 Å². The molecule has 0 spiro atoms. The largest absolute Gasteiger partial charge is 0.490 e. The molecule has 2 aromatic rings. The Labute approximate surface area is 181 Å². The number of halogens is 3. The number of alkyl halides is 3. The molecular formula is C19H22F3N5O5. The molecule has 4 heterocycles. The van der Waals surface area contributed by atoms with Crippen molar-refractivity contribution in [1.29, 1.82) is 0 Å². The van der Waals surface area contributed by atoms with Crippen molar-refractivity contribution < 1.29 is 37.1 Å². The number of morpholine rings is 1. The van der Waals surface area contributed by atoms with Crippen molar-refractivity contribution in [3.63, 3.8) is 0 Å². The van der Waals surface area contributed by atoms with Gasteiger partial charge in [0, 0.05) is 44.1 Å². The minimum atomic E-state index is -5.08. The number of likely N-dealkylation sites (tertiary alicyclic amines) is 1. The zero-order chi connectivity index (χ0) is 23.5. The van der Waals surface area contributed by atoms with E-state index in [1.54, 1.807) is 6.20 Å². The smallest absolute Gasteiger partial charge is 0.475 e. The first kappa shape index (κ1) is 23.6. The molecule has 0 unspecified atom stereocenters. The van der Waals surface area contributed by atoms with Crippen LogP contribution in [0.15, 0.2) is 23.1 Å². The van der Waals surface area contributed by atoms with Gasteiger partial charge in [-0.25, -0.2) is 9.78 Å². The van der Waals surface area contributed by atoms with Crippen LogP contribution in [0.1, 0.15) is 27.5 Å². The van der Waals surface area contributed by atoms with E-state index in [1.807, 2.05) is 18.7 Å². The van der Waals surface area contributed by atoms with Crippen LogP contribution in [0, 0.1) is 13.8 Å². The molecule has 2 aromatic heterocycles. The van der Waals surface area contributed by atoms with Crippen molar-refractivity contribution in [3.05, 3.63) is 41.3 Å². The standard InChI is InChI=1S/C17H21N5O3.C2HF3O2/c1-11-13(12(2)25-20-11)8-21-5-6-24-16-10-22(9-15(16)21)17(23)14-7-18-3-4-19-14;3-2(4,5)1(6)7/h3-4,7,15-16H,5-6,8-10H2,1-2H3;(H,6,7)/t15-,16+;/m1./s1. The molecule has 0 aromatic carbocycles. The number of amides is 1. The molecule has 4 rings (SSSR count). The lowest BCUT2D eigenvalue weighted by Gasteiger charge is -2.36. The number of fused-ring (bicyclic) bond motifs is 1. The average Bonchev–Trinajstić information content (AvgIpc) is 3.33. The van der Waals surface area contributed by atoms with Gasteiger partial charge in [-0.3, -0.25) is 14.7 Å². The molecule has 2 saturated heterocycles. The Morgan fingerprint density at radius 2 is 1.97 bits per heavy atom. The molecule has 0 radical (unpaired) electrons. The number of hydrogen-bond donors (Lipinski definition) is 1.